The zero-order valence-corrected chi connectivity index (χ0v) is 13.2. The van der Waals surface area contributed by atoms with Gasteiger partial charge in [-0.1, -0.05) is 0 Å². The van der Waals surface area contributed by atoms with Crippen molar-refractivity contribution < 1.29 is 14.1 Å². The van der Waals surface area contributed by atoms with Gasteiger partial charge in [0.15, 0.2) is 10.9 Å². The first-order chi connectivity index (χ1) is 11.5. The van der Waals surface area contributed by atoms with E-state index >= 15 is 0 Å². The molecule has 10 heteroatoms. The number of amides is 1. The molecule has 1 aromatic carbocycles. The van der Waals surface area contributed by atoms with Crippen LogP contribution in [-0.2, 0) is 7.05 Å². The van der Waals surface area contributed by atoms with Crippen molar-refractivity contribution in [2.45, 2.75) is 10.1 Å². The maximum absolute atomic E-state index is 12.0. The zero-order valence-electron chi connectivity index (χ0n) is 12.4. The lowest BCUT2D eigenvalue weighted by molar-refractivity contribution is -0.402. The summed E-state index contributed by atoms with van der Waals surface area (Å²) in [4.78, 5) is 22.8. The van der Waals surface area contributed by atoms with Gasteiger partial charge in [0.2, 0.25) is 0 Å². The van der Waals surface area contributed by atoms with Crippen molar-refractivity contribution in [3.63, 3.8) is 0 Å². The molecule has 0 unspecified atom stereocenters. The van der Waals surface area contributed by atoms with Crippen LogP contribution in [0.5, 0.6) is 0 Å². The molecule has 0 bridgehead atoms. The first-order valence-corrected chi connectivity index (χ1v) is 7.52. The van der Waals surface area contributed by atoms with Crippen LogP contribution in [0.1, 0.15) is 10.6 Å². The predicted molar refractivity (Wildman–Crippen MR) is 84.9 cm³/mol. The maximum atomic E-state index is 12.0. The van der Waals surface area contributed by atoms with Crippen LogP contribution in [0, 0.1) is 10.1 Å². The lowest BCUT2D eigenvalue weighted by Crippen LogP contribution is -2.10. The number of nitro groups is 1. The van der Waals surface area contributed by atoms with Gasteiger partial charge in [-0.3, -0.25) is 14.9 Å². The van der Waals surface area contributed by atoms with E-state index in [1.165, 1.54) is 17.8 Å². The summed E-state index contributed by atoms with van der Waals surface area (Å²) in [6.45, 7) is 0. The number of rotatable bonds is 5. The first-order valence-electron chi connectivity index (χ1n) is 6.70. The number of carbonyl (C=O) groups excluding carboxylic acids is 1. The van der Waals surface area contributed by atoms with E-state index in [1.54, 1.807) is 23.0 Å². The summed E-state index contributed by atoms with van der Waals surface area (Å²) in [6, 6.07) is 9.46. The zero-order chi connectivity index (χ0) is 17.1. The summed E-state index contributed by atoms with van der Waals surface area (Å²) in [5.74, 6) is -1.16. The second kappa shape index (κ2) is 6.54. The van der Waals surface area contributed by atoms with Crippen molar-refractivity contribution in [3.8, 4) is 0 Å². The molecule has 0 fully saturated rings. The van der Waals surface area contributed by atoms with E-state index in [-0.39, 0.29) is 5.76 Å². The van der Waals surface area contributed by atoms with Crippen molar-refractivity contribution in [3.05, 3.63) is 58.6 Å². The summed E-state index contributed by atoms with van der Waals surface area (Å²) in [6.07, 6.45) is 1.61. The molecular weight excluding hydrogens is 334 g/mol. The van der Waals surface area contributed by atoms with Crippen LogP contribution in [0.4, 0.5) is 11.6 Å². The number of nitrogens with one attached hydrogen (secondary N) is 1. The van der Waals surface area contributed by atoms with Crippen LogP contribution in [-0.4, -0.2) is 25.6 Å². The molecule has 24 heavy (non-hydrogen) atoms. The van der Waals surface area contributed by atoms with Crippen molar-refractivity contribution in [2.75, 3.05) is 5.32 Å². The number of furan rings is 1. The van der Waals surface area contributed by atoms with E-state index in [1.807, 2.05) is 19.2 Å². The number of carbonyl (C=O) groups is 1. The lowest BCUT2D eigenvalue weighted by atomic mass is 10.3. The Labute approximate surface area is 139 Å². The summed E-state index contributed by atoms with van der Waals surface area (Å²) >= 11 is 1.43. The summed E-state index contributed by atoms with van der Waals surface area (Å²) in [5, 5.41) is 21.7. The van der Waals surface area contributed by atoms with Gasteiger partial charge in [0.05, 0.1) is 6.07 Å². The Hall–Kier alpha value is -3.14. The third-order valence-electron chi connectivity index (χ3n) is 2.99. The molecule has 0 atom stereocenters. The van der Waals surface area contributed by atoms with Gasteiger partial charge in [0, 0.05) is 17.6 Å². The molecule has 122 valence electrons. The van der Waals surface area contributed by atoms with Crippen molar-refractivity contribution in [1.82, 2.24) is 14.8 Å². The van der Waals surface area contributed by atoms with Gasteiger partial charge >= 0.3 is 5.88 Å². The van der Waals surface area contributed by atoms with E-state index in [9.17, 15) is 14.9 Å². The highest BCUT2D eigenvalue weighted by atomic mass is 32.2. The minimum atomic E-state index is -0.699. The van der Waals surface area contributed by atoms with Gasteiger partial charge in [-0.25, -0.2) is 0 Å². The van der Waals surface area contributed by atoms with Crippen molar-refractivity contribution in [1.29, 1.82) is 0 Å². The minimum absolute atomic E-state index is 0.126. The number of hydrogen-bond donors (Lipinski definition) is 1. The van der Waals surface area contributed by atoms with E-state index in [4.69, 9.17) is 4.42 Å². The Balaban J connectivity index is 1.66. The second-order valence-electron chi connectivity index (χ2n) is 4.70. The molecule has 0 saturated heterocycles. The average Bonchev–Trinajstić information content (AvgIpc) is 3.19. The van der Waals surface area contributed by atoms with Crippen molar-refractivity contribution >= 4 is 29.2 Å². The molecule has 2 heterocycles. The molecule has 2 aromatic heterocycles. The largest absolute Gasteiger partial charge is 0.433 e. The molecule has 0 aliphatic heterocycles. The number of benzene rings is 1. The maximum Gasteiger partial charge on any atom is 0.433 e. The highest BCUT2D eigenvalue weighted by Gasteiger charge is 2.17. The topological polar surface area (TPSA) is 116 Å². The highest BCUT2D eigenvalue weighted by molar-refractivity contribution is 7.99. The summed E-state index contributed by atoms with van der Waals surface area (Å²) in [7, 11) is 1.85. The third-order valence-corrected chi connectivity index (χ3v) is 4.05. The fourth-order valence-electron chi connectivity index (χ4n) is 1.82. The van der Waals surface area contributed by atoms with Gasteiger partial charge in [-0.15, -0.1) is 10.2 Å². The molecule has 3 rings (SSSR count). The van der Waals surface area contributed by atoms with Crippen LogP contribution in [0.3, 0.4) is 0 Å². The normalized spacial score (nSPS) is 10.5. The van der Waals surface area contributed by atoms with Crippen LogP contribution in [0.2, 0.25) is 0 Å². The van der Waals surface area contributed by atoms with Crippen LogP contribution >= 0.6 is 11.8 Å². The fourth-order valence-corrected chi connectivity index (χ4v) is 2.58. The fraction of sp³-hybridized carbons (Fsp3) is 0.0714. The Morgan fingerprint density at radius 1 is 1.29 bits per heavy atom. The van der Waals surface area contributed by atoms with E-state index in [0.717, 1.165) is 16.1 Å². The molecule has 1 amide bonds. The number of nitrogens with zero attached hydrogens (tertiary/aromatic N) is 4. The van der Waals surface area contributed by atoms with E-state index in [2.05, 4.69) is 15.5 Å². The Kier molecular flexibility index (Phi) is 4.29. The molecular formula is C14H11N5O4S. The molecule has 0 radical (unpaired) electrons. The Morgan fingerprint density at radius 2 is 2.04 bits per heavy atom. The SMILES string of the molecule is Cn1cnnc1Sc1ccc(NC(=O)c2ccc([N+](=O)[O-])o2)cc1. The van der Waals surface area contributed by atoms with Crippen molar-refractivity contribution in [2.24, 2.45) is 7.05 Å². The Morgan fingerprint density at radius 3 is 2.62 bits per heavy atom. The van der Waals surface area contributed by atoms with E-state index < -0.39 is 16.7 Å². The molecule has 0 spiro atoms. The number of aryl methyl sites for hydroxylation is 1. The average molecular weight is 345 g/mol. The van der Waals surface area contributed by atoms with Gasteiger partial charge in [0.25, 0.3) is 5.91 Å². The first kappa shape index (κ1) is 15.7. The Bertz CT molecular complexity index is 887. The number of hydrogen-bond acceptors (Lipinski definition) is 7. The van der Waals surface area contributed by atoms with Gasteiger partial charge < -0.3 is 14.3 Å². The van der Waals surface area contributed by atoms with Gasteiger partial charge in [0.1, 0.15) is 11.3 Å². The molecule has 0 aliphatic carbocycles. The predicted octanol–water partition coefficient (Wildman–Crippen LogP) is 2.72. The molecule has 9 nitrogen and oxygen atoms in total. The lowest BCUT2D eigenvalue weighted by Gasteiger charge is -2.04. The van der Waals surface area contributed by atoms with Gasteiger partial charge in [-0.2, -0.15) is 0 Å². The quantitative estimate of drug-likeness (QED) is 0.558. The molecule has 3 aromatic rings. The second-order valence-corrected chi connectivity index (χ2v) is 5.74. The van der Waals surface area contributed by atoms with Crippen LogP contribution < -0.4 is 5.32 Å². The molecule has 1 N–H and O–H groups in total. The molecule has 0 saturated carbocycles. The van der Waals surface area contributed by atoms with Crippen LogP contribution in [0.15, 0.2) is 57.2 Å². The summed E-state index contributed by atoms with van der Waals surface area (Å²) in [5.41, 5.74) is 0.543. The third kappa shape index (κ3) is 3.43. The minimum Gasteiger partial charge on any atom is -0.395 e. The monoisotopic (exact) mass is 345 g/mol. The molecule has 0 aliphatic rings. The van der Waals surface area contributed by atoms with Crippen LogP contribution in [0.25, 0.3) is 0 Å². The highest BCUT2D eigenvalue weighted by Crippen LogP contribution is 2.26. The number of anilines is 1. The smallest absolute Gasteiger partial charge is 0.395 e. The van der Waals surface area contributed by atoms with E-state index in [0.29, 0.717) is 5.69 Å². The van der Waals surface area contributed by atoms with Gasteiger partial charge in [-0.05, 0) is 42.1 Å². The summed E-state index contributed by atoms with van der Waals surface area (Å²) < 4.78 is 6.65. The number of aromatic nitrogens is 3. The standard InChI is InChI=1S/C14H11N5O4S/c1-18-8-15-17-14(18)24-10-4-2-9(3-5-10)16-13(20)11-6-7-12(23-11)19(21)22/h2-8H,1H3,(H,16,20).